The number of allylic oxidation sites excluding steroid dienone is 1. The number of benzene rings is 1. The van der Waals surface area contributed by atoms with Crippen molar-refractivity contribution < 1.29 is 9.53 Å². The Hall–Kier alpha value is -2.84. The Morgan fingerprint density at radius 2 is 2.09 bits per heavy atom. The second-order valence-corrected chi connectivity index (χ2v) is 9.36. The number of rotatable bonds is 13. The van der Waals surface area contributed by atoms with Gasteiger partial charge >= 0.3 is 0 Å². The molecule has 0 amide bonds. The zero-order chi connectivity index (χ0) is 24.4. The van der Waals surface area contributed by atoms with Crippen LogP contribution in [0.4, 0.5) is 5.69 Å². The highest BCUT2D eigenvalue weighted by Crippen LogP contribution is 2.27. The Bertz CT molecular complexity index is 1000. The van der Waals surface area contributed by atoms with Crippen LogP contribution < -0.4 is 10.1 Å². The largest absolute Gasteiger partial charge is 0.495 e. The van der Waals surface area contributed by atoms with Crippen molar-refractivity contribution in [3.63, 3.8) is 0 Å². The molecular weight excluding hydrogens is 458 g/mol. The van der Waals surface area contributed by atoms with E-state index in [4.69, 9.17) is 16.3 Å². The van der Waals surface area contributed by atoms with Crippen LogP contribution >= 0.6 is 22.9 Å². The molecule has 0 aliphatic carbocycles. The van der Waals surface area contributed by atoms with Gasteiger partial charge in [0, 0.05) is 19.0 Å². The van der Waals surface area contributed by atoms with E-state index in [2.05, 4.69) is 22.0 Å². The van der Waals surface area contributed by atoms with Crippen molar-refractivity contribution in [1.82, 2.24) is 9.80 Å². The summed E-state index contributed by atoms with van der Waals surface area (Å²) in [6.07, 6.45) is 3.31. The summed E-state index contributed by atoms with van der Waals surface area (Å²) < 4.78 is 6.14. The van der Waals surface area contributed by atoms with Gasteiger partial charge in [0.05, 0.1) is 41.6 Å². The number of aldehydes is 1. The predicted molar refractivity (Wildman–Crippen MR) is 140 cm³/mol. The summed E-state index contributed by atoms with van der Waals surface area (Å²) >= 11 is 7.60. The first-order valence-electron chi connectivity index (χ1n) is 10.6. The van der Waals surface area contributed by atoms with Crippen LogP contribution in [0.3, 0.4) is 0 Å². The smallest absolute Gasteiger partial charge is 0.154 e. The number of methoxy groups -OCH3 is 1. The maximum absolute atomic E-state index is 11.9. The van der Waals surface area contributed by atoms with Crippen LogP contribution in [0, 0.1) is 6.92 Å². The van der Waals surface area contributed by atoms with Crippen LogP contribution in [0.2, 0.25) is 4.34 Å². The Kier molecular flexibility index (Phi) is 10.4. The molecule has 2 aromatic rings. The van der Waals surface area contributed by atoms with Crippen molar-refractivity contribution in [2.75, 3.05) is 33.2 Å². The van der Waals surface area contributed by atoms with Gasteiger partial charge in [-0.05, 0) is 49.9 Å². The van der Waals surface area contributed by atoms with E-state index in [9.17, 15) is 4.79 Å². The third kappa shape index (κ3) is 7.33. The van der Waals surface area contributed by atoms with Gasteiger partial charge in [-0.25, -0.2) is 4.99 Å². The molecule has 33 heavy (non-hydrogen) atoms. The number of thiophene rings is 1. The maximum Gasteiger partial charge on any atom is 0.154 e. The highest BCUT2D eigenvalue weighted by molar-refractivity contribution is 7.16. The van der Waals surface area contributed by atoms with Crippen molar-refractivity contribution in [3.05, 3.63) is 56.6 Å². The number of hydrogen-bond acceptors (Lipinski definition) is 8. The number of nitrogens with one attached hydrogen (secondary N) is 1. The molecule has 2 rings (SSSR count). The number of carbonyl (C=O) groups excluding carboxylic acids is 1. The van der Waals surface area contributed by atoms with Gasteiger partial charge in [0.2, 0.25) is 0 Å². The molecule has 1 aromatic carbocycles. The number of carbonyl (C=O) groups is 1. The lowest BCUT2D eigenvalue weighted by molar-refractivity contribution is -0.112. The molecule has 0 bridgehead atoms. The van der Waals surface area contributed by atoms with Crippen LogP contribution in [0.15, 0.2) is 51.8 Å². The van der Waals surface area contributed by atoms with Crippen LogP contribution in [0.25, 0.3) is 0 Å². The lowest BCUT2D eigenvalue weighted by atomic mass is 10.2. The van der Waals surface area contributed by atoms with Crippen molar-refractivity contribution >= 4 is 47.8 Å². The minimum atomic E-state index is -0.357. The summed E-state index contributed by atoms with van der Waals surface area (Å²) in [6, 6.07) is 9.40. The third-order valence-corrected chi connectivity index (χ3v) is 6.21. The van der Waals surface area contributed by atoms with Gasteiger partial charge in [0.15, 0.2) is 5.82 Å². The van der Waals surface area contributed by atoms with Crippen molar-refractivity contribution in [3.8, 4) is 5.75 Å². The number of nitrogens with zero attached hydrogens (tertiary/aromatic N) is 4. The fourth-order valence-electron chi connectivity index (χ4n) is 3.24. The fraction of sp³-hybridized carbons (Fsp3) is 0.375. The van der Waals surface area contributed by atoms with Gasteiger partial charge in [-0.3, -0.25) is 4.99 Å². The van der Waals surface area contributed by atoms with E-state index < -0.39 is 0 Å². The normalized spacial score (nSPS) is 12.8. The second kappa shape index (κ2) is 13.0. The van der Waals surface area contributed by atoms with E-state index in [1.54, 1.807) is 13.3 Å². The third-order valence-electron chi connectivity index (χ3n) is 4.99. The molecule has 0 spiro atoms. The lowest BCUT2D eigenvalue weighted by Gasteiger charge is -2.31. The first-order chi connectivity index (χ1) is 15.8. The second-order valence-electron chi connectivity index (χ2n) is 7.56. The maximum atomic E-state index is 11.9. The molecule has 178 valence electrons. The van der Waals surface area contributed by atoms with Crippen molar-refractivity contribution in [1.29, 1.82) is 0 Å². The molecule has 0 saturated heterocycles. The first kappa shape index (κ1) is 26.4. The number of halogens is 1. The van der Waals surface area contributed by atoms with E-state index in [0.29, 0.717) is 29.8 Å². The molecule has 1 heterocycles. The Balaban J connectivity index is 2.32. The van der Waals surface area contributed by atoms with Gasteiger partial charge in [-0.1, -0.05) is 24.6 Å². The molecule has 9 heteroatoms. The van der Waals surface area contributed by atoms with Crippen LogP contribution in [-0.2, 0) is 11.3 Å². The van der Waals surface area contributed by atoms with Gasteiger partial charge in [-0.2, -0.15) is 0 Å². The van der Waals surface area contributed by atoms with E-state index in [-0.39, 0.29) is 6.04 Å². The molecular formula is C24H32ClN5O2S. The number of aliphatic imine (C=N–C) groups is 2. The average molecular weight is 490 g/mol. The SMILES string of the molecule is C=N/C(=C(\C=N/CNc1ccc(C)cc1OC)N(C)C)N(Cc1ccc(Cl)s1)[C@@H](C=O)CC. The number of ether oxygens (including phenoxy) is 1. The minimum absolute atomic E-state index is 0.340. The van der Waals surface area contributed by atoms with Crippen LogP contribution in [0.1, 0.15) is 23.8 Å². The van der Waals surface area contributed by atoms with Crippen molar-refractivity contribution in [2.45, 2.75) is 32.9 Å². The molecule has 0 fully saturated rings. The van der Waals surface area contributed by atoms with Crippen LogP contribution in [0.5, 0.6) is 5.75 Å². The standard InChI is InChI=1S/C24H32ClN5O2S/c1-7-18(15-31)30(14-19-9-11-23(25)33-19)24(26-3)21(29(4)5)13-27-16-28-20-10-8-17(2)12-22(20)32-6/h8-13,15,18,28H,3,7,14,16H2,1-2,4-6H3/b24-21-,27-13-/t18-/m1/s1. The summed E-state index contributed by atoms with van der Waals surface area (Å²) in [5.41, 5.74) is 2.72. The highest BCUT2D eigenvalue weighted by Gasteiger charge is 2.23. The zero-order valence-electron chi connectivity index (χ0n) is 19.8. The number of aryl methyl sites for hydroxylation is 1. The summed E-state index contributed by atoms with van der Waals surface area (Å²) in [5, 5.41) is 3.27. The quantitative estimate of drug-likeness (QED) is 0.314. The summed E-state index contributed by atoms with van der Waals surface area (Å²) in [7, 11) is 5.46. The molecule has 7 nitrogen and oxygen atoms in total. The molecule has 1 aromatic heterocycles. The van der Waals surface area contributed by atoms with Gasteiger partial charge in [-0.15, -0.1) is 11.3 Å². The molecule has 1 N–H and O–H groups in total. The van der Waals surface area contributed by atoms with Crippen LogP contribution in [-0.4, -0.2) is 62.9 Å². The highest BCUT2D eigenvalue weighted by atomic mass is 35.5. The molecule has 0 radical (unpaired) electrons. The minimum Gasteiger partial charge on any atom is -0.495 e. The Morgan fingerprint density at radius 3 is 2.64 bits per heavy atom. The number of hydrogen-bond donors (Lipinski definition) is 1. The fourth-order valence-corrected chi connectivity index (χ4v) is 4.33. The molecule has 0 aliphatic heterocycles. The van der Waals surface area contributed by atoms with Gasteiger partial charge < -0.3 is 24.6 Å². The van der Waals surface area contributed by atoms with Gasteiger partial charge in [0.25, 0.3) is 0 Å². The van der Waals surface area contributed by atoms with Gasteiger partial charge in [0.1, 0.15) is 18.7 Å². The average Bonchev–Trinajstić information content (AvgIpc) is 3.21. The summed E-state index contributed by atoms with van der Waals surface area (Å²) in [6.45, 7) is 8.60. The Labute approximate surface area is 205 Å². The Morgan fingerprint density at radius 1 is 1.33 bits per heavy atom. The zero-order valence-corrected chi connectivity index (χ0v) is 21.4. The monoisotopic (exact) mass is 489 g/mol. The predicted octanol–water partition coefficient (Wildman–Crippen LogP) is 5.07. The number of anilines is 1. The topological polar surface area (TPSA) is 69.5 Å². The van der Waals surface area contributed by atoms with E-state index in [1.165, 1.54) is 11.3 Å². The molecule has 0 saturated carbocycles. The molecule has 0 aliphatic rings. The summed E-state index contributed by atoms with van der Waals surface area (Å²) in [4.78, 5) is 25.6. The first-order valence-corrected chi connectivity index (χ1v) is 11.8. The van der Waals surface area contributed by atoms with E-state index >= 15 is 0 Å². The summed E-state index contributed by atoms with van der Waals surface area (Å²) in [5.74, 6) is 1.35. The van der Waals surface area contributed by atoms with Crippen molar-refractivity contribution in [2.24, 2.45) is 9.98 Å². The molecule has 1 atom stereocenters. The van der Waals surface area contributed by atoms with E-state index in [1.807, 2.05) is 68.1 Å². The lowest BCUT2D eigenvalue weighted by Crippen LogP contribution is -2.36. The molecule has 0 unspecified atom stereocenters. The van der Waals surface area contributed by atoms with E-state index in [0.717, 1.165) is 33.9 Å².